The monoisotopic (exact) mass is 706 g/mol. The predicted molar refractivity (Wildman–Crippen MR) is 155 cm³/mol. The highest BCUT2D eigenvalue weighted by molar-refractivity contribution is 8.48. The number of nitrogen functional groups attached to an aromatic ring is 2. The fraction of sp³-hybridized carbons (Fsp3) is 0.476. The number of anilines is 2. The second-order valence-corrected chi connectivity index (χ2v) is 16.3. The van der Waals surface area contributed by atoms with Crippen LogP contribution in [0.25, 0.3) is 22.3 Å². The maximum Gasteiger partial charge on any atom is 0.418 e. The number of ether oxygens (including phenoxy) is 2. The van der Waals surface area contributed by atoms with Crippen LogP contribution in [0.2, 0.25) is 0 Å². The van der Waals surface area contributed by atoms with Gasteiger partial charge in [-0.2, -0.15) is 0 Å². The van der Waals surface area contributed by atoms with E-state index in [1.807, 2.05) is 0 Å². The molecule has 0 amide bonds. The first-order valence-corrected chi connectivity index (χ1v) is 18.5. The van der Waals surface area contributed by atoms with E-state index < -0.39 is 75.9 Å². The zero-order valence-corrected chi connectivity index (χ0v) is 25.8. The van der Waals surface area contributed by atoms with E-state index in [0.29, 0.717) is 0 Å². The van der Waals surface area contributed by atoms with Crippen molar-refractivity contribution in [2.75, 3.05) is 24.7 Å². The molecule has 7 heterocycles. The van der Waals surface area contributed by atoms with E-state index in [0.717, 1.165) is 12.7 Å². The summed E-state index contributed by atoms with van der Waals surface area (Å²) < 4.78 is 82.2. The lowest BCUT2D eigenvalue weighted by atomic mass is 10.1. The molecule has 1 unspecified atom stereocenters. The molecule has 0 radical (unpaired) electrons. The summed E-state index contributed by atoms with van der Waals surface area (Å²) in [6.45, 7) is -9.93. The van der Waals surface area contributed by atoms with Crippen LogP contribution in [0.4, 0.5) is 20.4 Å². The number of imidazole rings is 2. The average Bonchev–Trinajstić information content (AvgIpc) is 3.77. The van der Waals surface area contributed by atoms with Crippen molar-refractivity contribution in [2.24, 2.45) is 0 Å². The molecular formula is C21H22F2N10O8P2S2. The van der Waals surface area contributed by atoms with Crippen molar-refractivity contribution >= 4 is 70.1 Å². The Bertz CT molecular complexity index is 1930. The molecule has 0 aliphatic carbocycles. The number of fused-ring (bicyclic) bond motifs is 4. The van der Waals surface area contributed by atoms with E-state index in [1.54, 1.807) is 0 Å². The van der Waals surface area contributed by atoms with Gasteiger partial charge in [-0.05, 0) is 22.6 Å². The Labute approximate surface area is 259 Å². The van der Waals surface area contributed by atoms with Gasteiger partial charge in [-0.25, -0.2) is 43.2 Å². The molecule has 24 heteroatoms. The summed E-state index contributed by atoms with van der Waals surface area (Å²) in [5, 5.41) is 0. The summed E-state index contributed by atoms with van der Waals surface area (Å²) in [4.78, 5) is 35.1. The molecule has 0 aromatic carbocycles. The Hall–Kier alpha value is -2.84. The minimum atomic E-state index is -4.38. The zero-order chi connectivity index (χ0) is 31.7. The van der Waals surface area contributed by atoms with Gasteiger partial charge >= 0.3 is 13.5 Å². The quantitative estimate of drug-likeness (QED) is 0.252. The van der Waals surface area contributed by atoms with Crippen LogP contribution in [0.1, 0.15) is 12.5 Å². The molecule has 18 nitrogen and oxygen atoms in total. The van der Waals surface area contributed by atoms with Gasteiger partial charge in [0.2, 0.25) is 0 Å². The Morgan fingerprint density at radius 1 is 0.867 bits per heavy atom. The summed E-state index contributed by atoms with van der Waals surface area (Å²) in [5.74, 6) is 0.101. The van der Waals surface area contributed by atoms with Gasteiger partial charge in [0.15, 0.2) is 47.7 Å². The molecule has 3 aliphatic rings. The molecule has 240 valence electrons. The minimum Gasteiger partial charge on any atom is -0.382 e. The second-order valence-electron chi connectivity index (χ2n) is 9.94. The third kappa shape index (κ3) is 5.40. The highest BCUT2D eigenvalue weighted by Gasteiger charge is 2.54. The van der Waals surface area contributed by atoms with Gasteiger partial charge in [-0.15, -0.1) is 0 Å². The van der Waals surface area contributed by atoms with Gasteiger partial charge in [-0.3, -0.25) is 22.7 Å². The molecule has 3 saturated heterocycles. The van der Waals surface area contributed by atoms with Crippen LogP contribution in [0.5, 0.6) is 0 Å². The molecule has 3 fully saturated rings. The first kappa shape index (κ1) is 30.8. The molecule has 0 saturated carbocycles. The predicted octanol–water partition coefficient (Wildman–Crippen LogP) is 1.77. The zero-order valence-electron chi connectivity index (χ0n) is 22.4. The summed E-state index contributed by atoms with van der Waals surface area (Å²) in [5.41, 5.74) is 18.0. The van der Waals surface area contributed by atoms with Crippen molar-refractivity contribution in [3.05, 3.63) is 25.3 Å². The van der Waals surface area contributed by atoms with Gasteiger partial charge in [0, 0.05) is 0 Å². The third-order valence-corrected chi connectivity index (χ3v) is 11.4. The molecule has 4 aromatic heterocycles. The SMILES string of the molecule is C#S[P@]1(=O)OC[C@H]2O[C@@H](n3cnc4c(N)ncnc43)[C@@H](F)[C@@H]2OP(O)(=S)OC[C@H]2O[C@@H](n3cnc4c(N)ncnc43)[C@@H](F)[C@@H]2O1. The maximum atomic E-state index is 16.1. The van der Waals surface area contributed by atoms with Crippen molar-refractivity contribution in [1.82, 2.24) is 39.0 Å². The van der Waals surface area contributed by atoms with E-state index >= 15 is 8.78 Å². The highest BCUT2D eigenvalue weighted by Crippen LogP contribution is 2.60. The van der Waals surface area contributed by atoms with Crippen LogP contribution in [0.3, 0.4) is 0 Å². The van der Waals surface area contributed by atoms with Gasteiger partial charge in [0.1, 0.15) is 48.1 Å². The molecule has 5 N–H and O–H groups in total. The number of halogens is 2. The van der Waals surface area contributed by atoms with Crippen LogP contribution in [0, 0.1) is 5.69 Å². The summed E-state index contributed by atoms with van der Waals surface area (Å²) in [6, 6.07) is 0. The largest absolute Gasteiger partial charge is 0.418 e. The first-order chi connectivity index (χ1) is 21.5. The summed E-state index contributed by atoms with van der Waals surface area (Å²) in [6.07, 6.45) is -8.08. The van der Waals surface area contributed by atoms with Crippen molar-refractivity contribution < 1.29 is 45.8 Å². The van der Waals surface area contributed by atoms with Crippen LogP contribution in [-0.4, -0.2) is 93.9 Å². The Morgan fingerprint density at radius 2 is 1.36 bits per heavy atom. The van der Waals surface area contributed by atoms with Crippen molar-refractivity contribution in [1.29, 1.82) is 0 Å². The van der Waals surface area contributed by atoms with Crippen LogP contribution in [-0.2, 0) is 43.9 Å². The summed E-state index contributed by atoms with van der Waals surface area (Å²) in [7, 11) is 0.182. The van der Waals surface area contributed by atoms with E-state index in [4.69, 9.17) is 56.5 Å². The Balaban J connectivity index is 1.19. The van der Waals surface area contributed by atoms with Gasteiger partial charge < -0.3 is 30.4 Å². The lowest BCUT2D eigenvalue weighted by Crippen LogP contribution is -2.37. The number of alkyl halides is 2. The van der Waals surface area contributed by atoms with E-state index in [1.165, 1.54) is 21.8 Å². The molecule has 4 aromatic rings. The number of aromatic nitrogens is 8. The molecule has 10 atom stereocenters. The Kier molecular flexibility index (Phi) is 7.83. The van der Waals surface area contributed by atoms with E-state index in [2.05, 4.69) is 29.9 Å². The fourth-order valence-electron chi connectivity index (χ4n) is 5.22. The minimum absolute atomic E-state index is 0.0496. The van der Waals surface area contributed by atoms with E-state index in [-0.39, 0.29) is 44.8 Å². The lowest BCUT2D eigenvalue weighted by Gasteiger charge is -2.29. The third-order valence-electron chi connectivity index (χ3n) is 7.29. The van der Waals surface area contributed by atoms with Crippen molar-refractivity contribution in [3.8, 4) is 5.69 Å². The summed E-state index contributed by atoms with van der Waals surface area (Å²) >= 11 is 5.17. The lowest BCUT2D eigenvalue weighted by molar-refractivity contribution is -0.0564. The standard InChI is InChI=1S/C21H22F2N10O8P2S2/c1-45-43(35)37-3-9-14(10(22)20(39-9)32-6-30-12-16(24)26-4-28-18(12)32)40-42(34,44)36-2-8-15(41-43)11(23)21(38-8)33-7-31-13-17(25)27-5-29-19(13)33/h1,4-11,14-15,20-21H,2-3H2,(H,34,44)(H2,24,26,28)(H2,25,27,29)/t8-,9-,10+,11+,14-,15-,20-,21-,42?,43-/m1/s1. The van der Waals surface area contributed by atoms with Gasteiger partial charge in [0.25, 0.3) is 0 Å². The molecule has 0 bridgehead atoms. The maximum absolute atomic E-state index is 16.1. The van der Waals surface area contributed by atoms with Crippen LogP contribution >= 0.6 is 24.3 Å². The number of nitrogens with zero attached hydrogens (tertiary/aromatic N) is 8. The van der Waals surface area contributed by atoms with E-state index in [9.17, 15) is 9.46 Å². The molecular weight excluding hydrogens is 684 g/mol. The van der Waals surface area contributed by atoms with Crippen molar-refractivity contribution in [3.63, 3.8) is 0 Å². The smallest absolute Gasteiger partial charge is 0.382 e. The number of hydrogen-bond acceptors (Lipinski definition) is 16. The van der Waals surface area contributed by atoms with Crippen LogP contribution in [0.15, 0.2) is 25.3 Å². The molecule has 45 heavy (non-hydrogen) atoms. The van der Waals surface area contributed by atoms with Crippen LogP contribution < -0.4 is 11.5 Å². The average molecular weight is 707 g/mol. The number of hydrogen-bond donors (Lipinski definition) is 3. The topological polar surface area (TPSA) is 232 Å². The molecule has 7 rings (SSSR count). The van der Waals surface area contributed by atoms with Crippen molar-refractivity contribution in [2.45, 2.75) is 49.2 Å². The van der Waals surface area contributed by atoms with Gasteiger partial charge in [0.05, 0.1) is 25.9 Å². The molecule has 3 aliphatic heterocycles. The highest BCUT2D eigenvalue weighted by atomic mass is 32.7. The fourth-order valence-corrected chi connectivity index (χ4v) is 8.52. The number of rotatable bonds is 2. The van der Waals surface area contributed by atoms with Gasteiger partial charge in [-0.1, -0.05) is 5.69 Å². The Morgan fingerprint density at radius 3 is 1.87 bits per heavy atom. The normalized spacial score (nSPS) is 37.6. The number of nitrogens with two attached hydrogens (primary N) is 2. The first-order valence-electron chi connectivity index (χ1n) is 12.9. The molecule has 0 spiro atoms. The second kappa shape index (κ2) is 11.4.